The number of amides is 1. The Labute approximate surface area is 120 Å². The predicted molar refractivity (Wildman–Crippen MR) is 80.5 cm³/mol. The zero-order valence-electron chi connectivity index (χ0n) is 9.91. The van der Waals surface area contributed by atoms with Crippen LogP contribution in [0.4, 0.5) is 5.69 Å². The fourth-order valence-corrected chi connectivity index (χ4v) is 2.91. The Balaban J connectivity index is 2.15. The van der Waals surface area contributed by atoms with Crippen molar-refractivity contribution in [2.45, 2.75) is 25.7 Å². The van der Waals surface area contributed by atoms with Crippen molar-refractivity contribution in [3.05, 3.63) is 28.7 Å². The van der Waals surface area contributed by atoms with Gasteiger partial charge in [0.25, 0.3) is 0 Å². The monoisotopic (exact) mass is 326 g/mol. The summed E-state index contributed by atoms with van der Waals surface area (Å²) in [5.74, 6) is -0.0742. The molecule has 1 aromatic carbocycles. The average molecular weight is 327 g/mol. The Kier molecular flexibility index (Phi) is 4.02. The molecule has 3 nitrogen and oxygen atoms in total. The Morgan fingerprint density at radius 3 is 2.33 bits per heavy atom. The molecule has 0 heterocycles. The first-order valence-corrected chi connectivity index (χ1v) is 7.12. The van der Waals surface area contributed by atoms with Crippen LogP contribution in [-0.4, -0.2) is 10.9 Å². The van der Waals surface area contributed by atoms with Crippen LogP contribution < -0.4 is 11.1 Å². The lowest BCUT2D eigenvalue weighted by Gasteiger charge is -2.26. The second-order valence-corrected chi connectivity index (χ2v) is 5.97. The molecule has 3 N–H and O–H groups in total. The fraction of sp³-hybridized carbons (Fsp3) is 0.385. The van der Waals surface area contributed by atoms with Crippen LogP contribution in [0.5, 0.6) is 0 Å². The van der Waals surface area contributed by atoms with Crippen molar-refractivity contribution >= 4 is 44.7 Å². The molecule has 1 aliphatic rings. The quantitative estimate of drug-likeness (QED) is 0.838. The summed E-state index contributed by atoms with van der Waals surface area (Å²) in [5, 5.41) is 2.91. The number of hydrogen-bond acceptors (Lipinski definition) is 2. The number of carbonyl (C=O) groups is 1. The number of rotatable bonds is 3. The topological polar surface area (TPSA) is 55.1 Å². The van der Waals surface area contributed by atoms with E-state index in [0.29, 0.717) is 4.99 Å². The van der Waals surface area contributed by atoms with Gasteiger partial charge in [-0.25, -0.2) is 0 Å². The number of benzene rings is 1. The molecule has 0 radical (unpaired) electrons. The van der Waals surface area contributed by atoms with Gasteiger partial charge >= 0.3 is 0 Å². The molecule has 0 bridgehead atoms. The molecule has 0 atom stereocenters. The maximum absolute atomic E-state index is 12.4. The highest BCUT2D eigenvalue weighted by Gasteiger charge is 2.43. The van der Waals surface area contributed by atoms with E-state index < -0.39 is 5.41 Å². The second-order valence-electron chi connectivity index (χ2n) is 4.61. The van der Waals surface area contributed by atoms with Crippen LogP contribution in [0, 0.1) is 5.41 Å². The third-order valence-corrected chi connectivity index (χ3v) is 4.38. The van der Waals surface area contributed by atoms with E-state index in [1.807, 2.05) is 24.3 Å². The smallest absolute Gasteiger partial charge is 0.237 e. The predicted octanol–water partition coefficient (Wildman–Crippen LogP) is 3.23. The Bertz CT molecular complexity index is 466. The van der Waals surface area contributed by atoms with Crippen molar-refractivity contribution in [2.24, 2.45) is 11.1 Å². The van der Waals surface area contributed by atoms with Gasteiger partial charge < -0.3 is 11.1 Å². The van der Waals surface area contributed by atoms with Crippen LogP contribution in [0.2, 0.25) is 0 Å². The van der Waals surface area contributed by atoms with Gasteiger partial charge in [0.15, 0.2) is 0 Å². The van der Waals surface area contributed by atoms with E-state index in [0.717, 1.165) is 35.8 Å². The van der Waals surface area contributed by atoms with E-state index in [1.165, 1.54) is 0 Å². The molecule has 2 rings (SSSR count). The molecular weight excluding hydrogens is 312 g/mol. The minimum absolute atomic E-state index is 0.0742. The number of anilines is 1. The first-order chi connectivity index (χ1) is 8.54. The van der Waals surface area contributed by atoms with Crippen molar-refractivity contribution in [2.75, 3.05) is 5.32 Å². The molecule has 0 saturated heterocycles. The fourth-order valence-electron chi connectivity index (χ4n) is 2.35. The normalized spacial score (nSPS) is 17.4. The second kappa shape index (κ2) is 5.36. The van der Waals surface area contributed by atoms with E-state index in [9.17, 15) is 4.79 Å². The summed E-state index contributed by atoms with van der Waals surface area (Å²) in [7, 11) is 0. The highest BCUT2D eigenvalue weighted by atomic mass is 79.9. The largest absolute Gasteiger partial charge is 0.392 e. The lowest BCUT2D eigenvalue weighted by atomic mass is 9.85. The SMILES string of the molecule is NC(=S)C1(C(=O)Nc2ccc(Br)cc2)CCCC1. The van der Waals surface area contributed by atoms with Gasteiger partial charge in [0.2, 0.25) is 5.91 Å². The van der Waals surface area contributed by atoms with Crippen molar-refractivity contribution in [3.63, 3.8) is 0 Å². The van der Waals surface area contributed by atoms with Crippen LogP contribution in [0.15, 0.2) is 28.7 Å². The van der Waals surface area contributed by atoms with Gasteiger partial charge in [-0.2, -0.15) is 0 Å². The van der Waals surface area contributed by atoms with Gasteiger partial charge in [-0.3, -0.25) is 4.79 Å². The molecule has 0 aromatic heterocycles. The summed E-state index contributed by atoms with van der Waals surface area (Å²) >= 11 is 8.45. The number of thiocarbonyl (C=S) groups is 1. The van der Waals surface area contributed by atoms with Gasteiger partial charge in [-0.05, 0) is 37.1 Å². The highest BCUT2D eigenvalue weighted by Crippen LogP contribution is 2.39. The van der Waals surface area contributed by atoms with Crippen LogP contribution in [0.1, 0.15) is 25.7 Å². The molecule has 96 valence electrons. The first kappa shape index (κ1) is 13.5. The highest BCUT2D eigenvalue weighted by molar-refractivity contribution is 9.10. The third kappa shape index (κ3) is 2.57. The Morgan fingerprint density at radius 1 is 1.28 bits per heavy atom. The van der Waals surface area contributed by atoms with Gasteiger partial charge in [0.05, 0.1) is 10.4 Å². The zero-order valence-corrected chi connectivity index (χ0v) is 12.3. The Morgan fingerprint density at radius 2 is 1.83 bits per heavy atom. The summed E-state index contributed by atoms with van der Waals surface area (Å²) in [5.41, 5.74) is 5.89. The lowest BCUT2D eigenvalue weighted by Crippen LogP contribution is -2.43. The van der Waals surface area contributed by atoms with Crippen LogP contribution in [0.25, 0.3) is 0 Å². The molecule has 1 aromatic rings. The lowest BCUT2D eigenvalue weighted by molar-refractivity contribution is -0.122. The molecule has 0 spiro atoms. The van der Waals surface area contributed by atoms with Crippen molar-refractivity contribution in [1.29, 1.82) is 0 Å². The van der Waals surface area contributed by atoms with Gasteiger partial charge in [0, 0.05) is 10.2 Å². The van der Waals surface area contributed by atoms with Gasteiger partial charge in [-0.15, -0.1) is 0 Å². The number of hydrogen-bond donors (Lipinski definition) is 2. The molecular formula is C13H15BrN2OS. The van der Waals surface area contributed by atoms with E-state index >= 15 is 0 Å². The van der Waals surface area contributed by atoms with Gasteiger partial charge in [-0.1, -0.05) is 41.0 Å². The number of nitrogens with two attached hydrogens (primary N) is 1. The van der Waals surface area contributed by atoms with Crippen LogP contribution in [0.3, 0.4) is 0 Å². The van der Waals surface area contributed by atoms with Crippen molar-refractivity contribution in [3.8, 4) is 0 Å². The van der Waals surface area contributed by atoms with E-state index in [-0.39, 0.29) is 5.91 Å². The van der Waals surface area contributed by atoms with E-state index in [4.69, 9.17) is 18.0 Å². The van der Waals surface area contributed by atoms with Crippen LogP contribution in [-0.2, 0) is 4.79 Å². The molecule has 1 amide bonds. The average Bonchev–Trinajstić information content (AvgIpc) is 2.82. The summed E-state index contributed by atoms with van der Waals surface area (Å²) in [6.45, 7) is 0. The summed E-state index contributed by atoms with van der Waals surface area (Å²) in [6.07, 6.45) is 3.52. The third-order valence-electron chi connectivity index (χ3n) is 3.47. The van der Waals surface area contributed by atoms with E-state index in [1.54, 1.807) is 0 Å². The molecule has 0 unspecified atom stereocenters. The summed E-state index contributed by atoms with van der Waals surface area (Å²) in [4.78, 5) is 12.7. The molecule has 1 saturated carbocycles. The number of carbonyl (C=O) groups excluding carboxylic acids is 1. The molecule has 1 fully saturated rings. The molecule has 18 heavy (non-hydrogen) atoms. The van der Waals surface area contributed by atoms with Gasteiger partial charge in [0.1, 0.15) is 0 Å². The standard InChI is InChI=1S/C13H15BrN2OS/c14-9-3-5-10(6-4-9)16-12(17)13(11(15)18)7-1-2-8-13/h3-6H,1-2,7-8H2,(H2,15,18)(H,16,17). The minimum atomic E-state index is -0.650. The van der Waals surface area contributed by atoms with Crippen LogP contribution >= 0.6 is 28.1 Å². The molecule has 1 aliphatic carbocycles. The van der Waals surface area contributed by atoms with E-state index in [2.05, 4.69) is 21.2 Å². The summed E-state index contributed by atoms with van der Waals surface area (Å²) in [6, 6.07) is 7.48. The minimum Gasteiger partial charge on any atom is -0.392 e. The number of halogens is 1. The first-order valence-electron chi connectivity index (χ1n) is 5.91. The summed E-state index contributed by atoms with van der Waals surface area (Å²) < 4.78 is 0.977. The Hall–Kier alpha value is -0.940. The van der Waals surface area contributed by atoms with Crippen molar-refractivity contribution < 1.29 is 4.79 Å². The maximum Gasteiger partial charge on any atom is 0.237 e. The maximum atomic E-state index is 12.4. The zero-order chi connectivity index (χ0) is 13.2. The molecule has 0 aliphatic heterocycles. The van der Waals surface area contributed by atoms with Crippen molar-refractivity contribution in [1.82, 2.24) is 0 Å². The molecule has 5 heteroatoms. The number of nitrogens with one attached hydrogen (secondary N) is 1.